The molecule has 4 heteroatoms. The maximum absolute atomic E-state index is 9.50. The average Bonchev–Trinajstić information content (AvgIpc) is 2.45. The average molecular weight is 360 g/mol. The Morgan fingerprint density at radius 3 is 2.80 bits per heavy atom. The molecule has 0 radical (unpaired) electrons. The Hall–Kier alpha value is -0.0300. The van der Waals surface area contributed by atoms with Gasteiger partial charge in [0.1, 0.15) is 0 Å². The zero-order valence-corrected chi connectivity index (χ0v) is 14.9. The van der Waals surface area contributed by atoms with Gasteiger partial charge in [0.15, 0.2) is 0 Å². The van der Waals surface area contributed by atoms with Crippen molar-refractivity contribution in [1.82, 2.24) is 5.32 Å². The van der Waals surface area contributed by atoms with Crippen molar-refractivity contribution in [2.75, 3.05) is 18.9 Å². The van der Waals surface area contributed by atoms with Gasteiger partial charge < -0.3 is 10.4 Å². The van der Waals surface area contributed by atoms with E-state index in [1.807, 2.05) is 11.8 Å². The molecular weight excluding hydrogens is 334 g/mol. The van der Waals surface area contributed by atoms with E-state index in [1.54, 1.807) is 0 Å². The zero-order chi connectivity index (χ0) is 14.8. The van der Waals surface area contributed by atoms with Crippen molar-refractivity contribution in [1.29, 1.82) is 0 Å². The van der Waals surface area contributed by atoms with E-state index < -0.39 is 0 Å². The molecule has 0 saturated heterocycles. The first-order valence-electron chi connectivity index (χ1n) is 7.34. The second-order valence-corrected chi connectivity index (χ2v) is 7.49. The zero-order valence-electron chi connectivity index (χ0n) is 12.5. The Bertz CT molecular complexity index is 388. The normalized spacial score (nSPS) is 14.2. The van der Waals surface area contributed by atoms with E-state index in [0.717, 1.165) is 36.0 Å². The monoisotopic (exact) mass is 359 g/mol. The van der Waals surface area contributed by atoms with Crippen molar-refractivity contribution in [3.63, 3.8) is 0 Å². The lowest BCUT2D eigenvalue weighted by Crippen LogP contribution is -2.46. The van der Waals surface area contributed by atoms with E-state index in [0.29, 0.717) is 0 Å². The van der Waals surface area contributed by atoms with Crippen molar-refractivity contribution >= 4 is 27.7 Å². The Balaban J connectivity index is 2.20. The lowest BCUT2D eigenvalue weighted by molar-refractivity contribution is 0.163. The van der Waals surface area contributed by atoms with E-state index in [2.05, 4.69) is 59.4 Å². The first-order chi connectivity index (χ1) is 9.59. The summed E-state index contributed by atoms with van der Waals surface area (Å²) in [6.07, 6.45) is 4.46. The van der Waals surface area contributed by atoms with Crippen molar-refractivity contribution in [2.24, 2.45) is 0 Å². The fourth-order valence-corrected chi connectivity index (χ4v) is 3.53. The van der Waals surface area contributed by atoms with Crippen LogP contribution in [-0.2, 0) is 0 Å². The molecule has 1 aromatic carbocycles. The quantitative estimate of drug-likeness (QED) is 0.477. The van der Waals surface area contributed by atoms with Gasteiger partial charge in [-0.3, -0.25) is 0 Å². The van der Waals surface area contributed by atoms with Crippen LogP contribution >= 0.6 is 27.7 Å². The van der Waals surface area contributed by atoms with Crippen LogP contribution in [0.15, 0.2) is 33.6 Å². The summed E-state index contributed by atoms with van der Waals surface area (Å²) in [4.78, 5) is 1.31. The van der Waals surface area contributed by atoms with Gasteiger partial charge in [-0.05, 0) is 56.7 Å². The number of rotatable bonds is 10. The predicted molar refractivity (Wildman–Crippen MR) is 92.5 cm³/mol. The SMILES string of the molecule is CCCNC(C)(CO)CCCCSc1cccc(Br)c1. The number of nitrogens with one attached hydrogen (secondary N) is 1. The summed E-state index contributed by atoms with van der Waals surface area (Å²) in [5.41, 5.74) is -0.115. The number of aliphatic hydroxyl groups is 1. The molecule has 2 N–H and O–H groups in total. The smallest absolute Gasteiger partial charge is 0.0610 e. The molecule has 0 bridgehead atoms. The topological polar surface area (TPSA) is 32.3 Å². The van der Waals surface area contributed by atoms with Gasteiger partial charge in [-0.15, -0.1) is 11.8 Å². The molecule has 0 saturated carbocycles. The molecular formula is C16H26BrNOS. The number of halogens is 1. The highest BCUT2D eigenvalue weighted by molar-refractivity contribution is 9.10. The van der Waals surface area contributed by atoms with Gasteiger partial charge in [0, 0.05) is 14.9 Å². The fourth-order valence-electron chi connectivity index (χ4n) is 2.01. The minimum absolute atomic E-state index is 0.115. The van der Waals surface area contributed by atoms with E-state index >= 15 is 0 Å². The third-order valence-corrected chi connectivity index (χ3v) is 4.91. The number of hydrogen-bond acceptors (Lipinski definition) is 3. The third kappa shape index (κ3) is 7.11. The van der Waals surface area contributed by atoms with Crippen LogP contribution in [0.2, 0.25) is 0 Å². The van der Waals surface area contributed by atoms with Gasteiger partial charge in [0.25, 0.3) is 0 Å². The first-order valence-corrected chi connectivity index (χ1v) is 9.12. The number of hydrogen-bond donors (Lipinski definition) is 2. The van der Waals surface area contributed by atoms with E-state index in [9.17, 15) is 5.11 Å². The molecule has 0 amide bonds. The van der Waals surface area contributed by atoms with Crippen LogP contribution < -0.4 is 5.32 Å². The molecule has 0 aliphatic carbocycles. The minimum atomic E-state index is -0.115. The van der Waals surface area contributed by atoms with Gasteiger partial charge in [0.05, 0.1) is 6.61 Å². The van der Waals surface area contributed by atoms with Gasteiger partial charge in [-0.2, -0.15) is 0 Å². The third-order valence-electron chi connectivity index (χ3n) is 3.34. The van der Waals surface area contributed by atoms with Crippen LogP contribution in [0.4, 0.5) is 0 Å². The lowest BCUT2D eigenvalue weighted by Gasteiger charge is -2.28. The van der Waals surface area contributed by atoms with Crippen LogP contribution in [0.25, 0.3) is 0 Å². The first kappa shape index (κ1) is 18.0. The molecule has 0 fully saturated rings. The molecule has 114 valence electrons. The lowest BCUT2D eigenvalue weighted by atomic mass is 9.96. The Morgan fingerprint density at radius 1 is 1.35 bits per heavy atom. The minimum Gasteiger partial charge on any atom is -0.394 e. The largest absolute Gasteiger partial charge is 0.394 e. The van der Waals surface area contributed by atoms with Crippen molar-refractivity contribution in [3.8, 4) is 0 Å². The number of aliphatic hydroxyl groups excluding tert-OH is 1. The molecule has 1 aromatic rings. The molecule has 1 rings (SSSR count). The van der Waals surface area contributed by atoms with E-state index in [-0.39, 0.29) is 12.1 Å². The standard InChI is InChI=1S/C16H26BrNOS/c1-3-10-18-16(2,13-19)9-4-5-11-20-15-8-6-7-14(17)12-15/h6-8,12,18-19H,3-5,9-11,13H2,1-2H3. The summed E-state index contributed by atoms with van der Waals surface area (Å²) in [5.74, 6) is 1.13. The summed E-state index contributed by atoms with van der Waals surface area (Å²) >= 11 is 5.39. The summed E-state index contributed by atoms with van der Waals surface area (Å²) in [6.45, 7) is 5.46. The second kappa shape index (κ2) is 9.82. The Kier molecular flexibility index (Phi) is 8.85. The molecule has 0 aliphatic rings. The summed E-state index contributed by atoms with van der Waals surface area (Å²) in [5, 5.41) is 13.0. The van der Waals surface area contributed by atoms with E-state index in [1.165, 1.54) is 11.3 Å². The van der Waals surface area contributed by atoms with Gasteiger partial charge in [-0.1, -0.05) is 35.3 Å². The summed E-state index contributed by atoms with van der Waals surface area (Å²) < 4.78 is 1.14. The fraction of sp³-hybridized carbons (Fsp3) is 0.625. The van der Waals surface area contributed by atoms with Crippen LogP contribution in [0.3, 0.4) is 0 Å². The molecule has 1 atom stereocenters. The molecule has 2 nitrogen and oxygen atoms in total. The van der Waals surface area contributed by atoms with Gasteiger partial charge in [-0.25, -0.2) is 0 Å². The van der Waals surface area contributed by atoms with Crippen LogP contribution in [0, 0.1) is 0 Å². The molecule has 0 heterocycles. The van der Waals surface area contributed by atoms with Gasteiger partial charge in [0.2, 0.25) is 0 Å². The number of thioether (sulfide) groups is 1. The predicted octanol–water partition coefficient (Wildman–Crippen LogP) is 4.46. The molecule has 0 aliphatic heterocycles. The number of benzene rings is 1. The summed E-state index contributed by atoms with van der Waals surface area (Å²) in [6, 6.07) is 8.43. The summed E-state index contributed by atoms with van der Waals surface area (Å²) in [7, 11) is 0. The highest BCUT2D eigenvalue weighted by Gasteiger charge is 2.21. The Labute approximate surface area is 135 Å². The highest BCUT2D eigenvalue weighted by Crippen LogP contribution is 2.23. The van der Waals surface area contributed by atoms with Crippen LogP contribution in [-0.4, -0.2) is 29.5 Å². The molecule has 1 unspecified atom stereocenters. The van der Waals surface area contributed by atoms with Crippen molar-refractivity contribution < 1.29 is 5.11 Å². The van der Waals surface area contributed by atoms with Crippen molar-refractivity contribution in [3.05, 3.63) is 28.7 Å². The number of unbranched alkanes of at least 4 members (excludes halogenated alkanes) is 1. The molecule has 20 heavy (non-hydrogen) atoms. The highest BCUT2D eigenvalue weighted by atomic mass is 79.9. The Morgan fingerprint density at radius 2 is 2.15 bits per heavy atom. The van der Waals surface area contributed by atoms with E-state index in [4.69, 9.17) is 0 Å². The van der Waals surface area contributed by atoms with Gasteiger partial charge >= 0.3 is 0 Å². The van der Waals surface area contributed by atoms with Crippen LogP contribution in [0.5, 0.6) is 0 Å². The van der Waals surface area contributed by atoms with Crippen LogP contribution in [0.1, 0.15) is 39.5 Å². The maximum atomic E-state index is 9.50. The molecule has 0 aromatic heterocycles. The maximum Gasteiger partial charge on any atom is 0.0610 e. The molecule has 0 spiro atoms. The van der Waals surface area contributed by atoms with Crippen molar-refractivity contribution in [2.45, 2.75) is 50.0 Å². The second-order valence-electron chi connectivity index (χ2n) is 5.41.